The van der Waals surface area contributed by atoms with Crippen LogP contribution >= 0.6 is 0 Å². The monoisotopic (exact) mass is 401 g/mol. The molecule has 1 aliphatic rings. The maximum Gasteiger partial charge on any atom is 0.145 e. The topological polar surface area (TPSA) is 112 Å². The Labute approximate surface area is 176 Å². The molecule has 2 aromatic carbocycles. The van der Waals surface area contributed by atoms with Gasteiger partial charge in [0.05, 0.1) is 11.3 Å². The number of benzene rings is 2. The van der Waals surface area contributed by atoms with E-state index in [0.717, 1.165) is 42.9 Å². The number of anilines is 4. The Hall–Kier alpha value is -3.45. The molecule has 0 atom stereocenters. The molecule has 7 heteroatoms. The summed E-state index contributed by atoms with van der Waals surface area (Å²) in [5.41, 5.74) is 11.0. The zero-order chi connectivity index (χ0) is 20.9. The van der Waals surface area contributed by atoms with Crippen LogP contribution in [0.4, 0.5) is 23.0 Å². The van der Waals surface area contributed by atoms with E-state index in [2.05, 4.69) is 38.1 Å². The molecule has 0 radical (unpaired) electrons. The summed E-state index contributed by atoms with van der Waals surface area (Å²) in [7, 11) is 1.88. The third-order valence-corrected chi connectivity index (χ3v) is 5.57. The Morgan fingerprint density at radius 3 is 2.33 bits per heavy atom. The lowest BCUT2D eigenvalue weighted by atomic mass is 9.89. The number of hydrogen-bond acceptors (Lipinski definition) is 7. The number of nitrogens with one attached hydrogen (secondary N) is 4. The van der Waals surface area contributed by atoms with Crippen LogP contribution in [0.2, 0.25) is 0 Å². The molecule has 0 saturated carbocycles. The first-order chi connectivity index (χ1) is 14.7. The summed E-state index contributed by atoms with van der Waals surface area (Å²) in [6.45, 7) is 2.12. The Bertz CT molecular complexity index is 1010. The Morgan fingerprint density at radius 2 is 1.67 bits per heavy atom. The standard InChI is InChI=1S/C23H27N7/c1-26-18-6-8-19(9-7-18)30-23-20(22(25)28-14-29-23)21(24)17-4-2-15(3-5-17)16-10-12-27-13-11-16/h2-9,14,16,24,26-27H,10-13H2,1H3,(H3,25,28,29,30). The number of hydrogen-bond donors (Lipinski definition) is 5. The average molecular weight is 402 g/mol. The number of nitrogen functional groups attached to an aromatic ring is 1. The predicted octanol–water partition coefficient (Wildman–Crippen LogP) is 3.73. The van der Waals surface area contributed by atoms with E-state index >= 15 is 0 Å². The Kier molecular flexibility index (Phi) is 5.90. The van der Waals surface area contributed by atoms with E-state index < -0.39 is 0 Å². The van der Waals surface area contributed by atoms with Gasteiger partial charge in [0.25, 0.3) is 0 Å². The van der Waals surface area contributed by atoms with Crippen LogP contribution in [0.5, 0.6) is 0 Å². The van der Waals surface area contributed by atoms with Gasteiger partial charge in [-0.2, -0.15) is 0 Å². The molecule has 0 spiro atoms. The van der Waals surface area contributed by atoms with Gasteiger partial charge in [0, 0.05) is 24.0 Å². The summed E-state index contributed by atoms with van der Waals surface area (Å²) in [6, 6.07) is 16.1. The van der Waals surface area contributed by atoms with Gasteiger partial charge < -0.3 is 21.7 Å². The minimum Gasteiger partial charge on any atom is -0.388 e. The van der Waals surface area contributed by atoms with Crippen molar-refractivity contribution in [1.82, 2.24) is 15.3 Å². The van der Waals surface area contributed by atoms with Crippen molar-refractivity contribution in [2.75, 3.05) is 36.5 Å². The van der Waals surface area contributed by atoms with Crippen molar-refractivity contribution in [1.29, 1.82) is 5.41 Å². The van der Waals surface area contributed by atoms with Crippen LogP contribution in [0.25, 0.3) is 0 Å². The van der Waals surface area contributed by atoms with Crippen molar-refractivity contribution in [3.05, 3.63) is 71.5 Å². The molecular weight excluding hydrogens is 374 g/mol. The number of nitrogens with two attached hydrogens (primary N) is 1. The predicted molar refractivity (Wildman–Crippen MR) is 123 cm³/mol. The highest BCUT2D eigenvalue weighted by atomic mass is 15.0. The smallest absolute Gasteiger partial charge is 0.145 e. The number of piperidine rings is 1. The lowest BCUT2D eigenvalue weighted by Crippen LogP contribution is -2.26. The van der Waals surface area contributed by atoms with Gasteiger partial charge >= 0.3 is 0 Å². The van der Waals surface area contributed by atoms with Gasteiger partial charge in [-0.1, -0.05) is 24.3 Å². The van der Waals surface area contributed by atoms with Crippen molar-refractivity contribution < 1.29 is 0 Å². The molecule has 1 aliphatic heterocycles. The first-order valence-corrected chi connectivity index (χ1v) is 10.2. The minimum absolute atomic E-state index is 0.284. The highest BCUT2D eigenvalue weighted by Crippen LogP contribution is 2.28. The third kappa shape index (κ3) is 4.26. The molecule has 1 saturated heterocycles. The van der Waals surface area contributed by atoms with Crippen molar-refractivity contribution in [3.63, 3.8) is 0 Å². The van der Waals surface area contributed by atoms with E-state index in [0.29, 0.717) is 23.0 Å². The van der Waals surface area contributed by atoms with E-state index in [-0.39, 0.29) is 5.82 Å². The van der Waals surface area contributed by atoms with E-state index in [9.17, 15) is 0 Å². The fourth-order valence-electron chi connectivity index (χ4n) is 3.82. The summed E-state index contributed by atoms with van der Waals surface area (Å²) in [6.07, 6.45) is 3.71. The maximum absolute atomic E-state index is 8.78. The Balaban J connectivity index is 1.58. The largest absolute Gasteiger partial charge is 0.388 e. The van der Waals surface area contributed by atoms with Gasteiger partial charge in [-0.05, 0) is 61.7 Å². The molecule has 1 aromatic heterocycles. The van der Waals surface area contributed by atoms with Gasteiger partial charge in [0.15, 0.2) is 0 Å². The number of rotatable bonds is 6. The molecule has 3 aromatic rings. The molecule has 0 bridgehead atoms. The van der Waals surface area contributed by atoms with Crippen LogP contribution in [0.1, 0.15) is 35.4 Å². The Morgan fingerprint density at radius 1 is 1.00 bits per heavy atom. The zero-order valence-electron chi connectivity index (χ0n) is 17.1. The van der Waals surface area contributed by atoms with Crippen LogP contribution in [0, 0.1) is 5.41 Å². The molecule has 1 fully saturated rings. The summed E-state index contributed by atoms with van der Waals surface area (Å²) >= 11 is 0. The molecule has 154 valence electrons. The van der Waals surface area contributed by atoms with Crippen LogP contribution in [0.15, 0.2) is 54.9 Å². The summed E-state index contributed by atoms with van der Waals surface area (Å²) in [4.78, 5) is 8.46. The first-order valence-electron chi connectivity index (χ1n) is 10.2. The van der Waals surface area contributed by atoms with Crippen molar-refractivity contribution >= 4 is 28.7 Å². The highest BCUT2D eigenvalue weighted by Gasteiger charge is 2.18. The quantitative estimate of drug-likeness (QED) is 0.403. The maximum atomic E-state index is 8.78. The van der Waals surface area contributed by atoms with Gasteiger partial charge in [0.1, 0.15) is 18.0 Å². The molecular formula is C23H27N7. The fraction of sp³-hybridized carbons (Fsp3) is 0.261. The van der Waals surface area contributed by atoms with E-state index in [1.54, 1.807) is 0 Å². The highest BCUT2D eigenvalue weighted by molar-refractivity contribution is 6.16. The second-order valence-electron chi connectivity index (χ2n) is 7.46. The van der Waals surface area contributed by atoms with Crippen molar-refractivity contribution in [2.45, 2.75) is 18.8 Å². The second-order valence-corrected chi connectivity index (χ2v) is 7.46. The average Bonchev–Trinajstić information content (AvgIpc) is 2.80. The summed E-state index contributed by atoms with van der Waals surface area (Å²) < 4.78 is 0. The molecule has 6 N–H and O–H groups in total. The first kappa shape index (κ1) is 19.8. The van der Waals surface area contributed by atoms with Crippen LogP contribution in [-0.2, 0) is 0 Å². The van der Waals surface area contributed by atoms with Gasteiger partial charge in [-0.25, -0.2) is 9.97 Å². The van der Waals surface area contributed by atoms with Crippen LogP contribution in [0.3, 0.4) is 0 Å². The minimum atomic E-state index is 0.284. The lowest BCUT2D eigenvalue weighted by Gasteiger charge is -2.23. The zero-order valence-corrected chi connectivity index (χ0v) is 17.1. The molecule has 7 nitrogen and oxygen atoms in total. The van der Waals surface area contributed by atoms with E-state index in [4.69, 9.17) is 11.1 Å². The van der Waals surface area contributed by atoms with Gasteiger partial charge in [0.2, 0.25) is 0 Å². The van der Waals surface area contributed by atoms with Crippen molar-refractivity contribution in [3.8, 4) is 0 Å². The molecule has 30 heavy (non-hydrogen) atoms. The van der Waals surface area contributed by atoms with Gasteiger partial charge in [-0.15, -0.1) is 0 Å². The second kappa shape index (κ2) is 8.92. The lowest BCUT2D eigenvalue weighted by molar-refractivity contribution is 0.460. The van der Waals surface area contributed by atoms with Crippen molar-refractivity contribution in [2.24, 2.45) is 0 Å². The van der Waals surface area contributed by atoms with E-state index in [1.807, 2.05) is 43.4 Å². The number of nitrogens with zero attached hydrogens (tertiary/aromatic N) is 2. The third-order valence-electron chi connectivity index (χ3n) is 5.57. The fourth-order valence-corrected chi connectivity index (χ4v) is 3.82. The molecule has 2 heterocycles. The molecule has 4 rings (SSSR count). The normalized spacial score (nSPS) is 14.3. The molecule has 0 aliphatic carbocycles. The van der Waals surface area contributed by atoms with Crippen LogP contribution < -0.4 is 21.7 Å². The molecule has 0 unspecified atom stereocenters. The summed E-state index contributed by atoms with van der Waals surface area (Å²) in [5.74, 6) is 1.39. The van der Waals surface area contributed by atoms with Crippen LogP contribution in [-0.4, -0.2) is 35.8 Å². The molecule has 0 amide bonds. The SMILES string of the molecule is CNc1ccc(Nc2ncnc(N)c2C(=N)c2ccc(C3CCNCC3)cc2)cc1. The van der Waals surface area contributed by atoms with Gasteiger partial charge in [-0.3, -0.25) is 5.41 Å². The number of aromatic nitrogens is 2. The summed E-state index contributed by atoms with van der Waals surface area (Å²) in [5, 5.41) is 18.5. The van der Waals surface area contributed by atoms with E-state index in [1.165, 1.54) is 11.9 Å².